The number of fused-ring (bicyclic) bond motifs is 2. The van der Waals surface area contributed by atoms with Crippen LogP contribution in [-0.4, -0.2) is 30.8 Å². The monoisotopic (exact) mass is 398 g/mol. The van der Waals surface area contributed by atoms with Crippen molar-refractivity contribution in [3.63, 3.8) is 0 Å². The topological polar surface area (TPSA) is 80.9 Å². The first-order chi connectivity index (χ1) is 14.6. The van der Waals surface area contributed by atoms with Crippen molar-refractivity contribution in [1.29, 1.82) is 0 Å². The molecule has 0 radical (unpaired) electrons. The Balaban J connectivity index is 1.68. The second kappa shape index (κ2) is 7.37. The summed E-state index contributed by atoms with van der Waals surface area (Å²) >= 11 is 0. The Labute approximate surface area is 174 Å². The summed E-state index contributed by atoms with van der Waals surface area (Å²) < 4.78 is 2.11. The van der Waals surface area contributed by atoms with E-state index in [0.29, 0.717) is 6.42 Å². The minimum absolute atomic E-state index is 0.116. The fraction of sp³-hybridized carbons (Fsp3) is 0.250. The maximum atomic E-state index is 10.9. The van der Waals surface area contributed by atoms with Crippen molar-refractivity contribution in [2.75, 3.05) is 0 Å². The summed E-state index contributed by atoms with van der Waals surface area (Å²) in [5.41, 5.74) is 8.10. The zero-order valence-electron chi connectivity index (χ0n) is 16.8. The average Bonchev–Trinajstić information content (AvgIpc) is 3.33. The van der Waals surface area contributed by atoms with Gasteiger partial charge in [-0.2, -0.15) is 5.10 Å². The predicted molar refractivity (Wildman–Crippen MR) is 115 cm³/mol. The quantitative estimate of drug-likeness (QED) is 0.538. The lowest BCUT2D eigenvalue weighted by molar-refractivity contribution is -0.136. The zero-order valence-corrected chi connectivity index (χ0v) is 16.8. The van der Waals surface area contributed by atoms with Crippen LogP contribution in [0.2, 0.25) is 0 Å². The van der Waals surface area contributed by atoms with Gasteiger partial charge in [0.15, 0.2) is 0 Å². The molecule has 5 rings (SSSR count). The molecule has 0 fully saturated rings. The Morgan fingerprint density at radius 2 is 2.10 bits per heavy atom. The number of benzene rings is 1. The molecule has 1 aliphatic heterocycles. The van der Waals surface area contributed by atoms with Gasteiger partial charge < -0.3 is 5.11 Å². The molecule has 4 heterocycles. The van der Waals surface area contributed by atoms with Crippen molar-refractivity contribution in [2.24, 2.45) is 0 Å². The van der Waals surface area contributed by atoms with Gasteiger partial charge in [0.2, 0.25) is 0 Å². The van der Waals surface area contributed by atoms with E-state index < -0.39 is 5.97 Å². The van der Waals surface area contributed by atoms with Gasteiger partial charge in [-0.3, -0.25) is 19.4 Å². The van der Waals surface area contributed by atoms with Crippen LogP contribution in [0.4, 0.5) is 0 Å². The average molecular weight is 398 g/mol. The number of nitrogens with zero attached hydrogens (tertiary/aromatic N) is 4. The van der Waals surface area contributed by atoms with Gasteiger partial charge in [-0.05, 0) is 61.6 Å². The molecule has 6 heteroatoms. The summed E-state index contributed by atoms with van der Waals surface area (Å²) in [7, 11) is 0. The molecule has 150 valence electrons. The molecule has 0 unspecified atom stereocenters. The van der Waals surface area contributed by atoms with Crippen molar-refractivity contribution in [1.82, 2.24) is 19.7 Å². The van der Waals surface area contributed by atoms with Gasteiger partial charge in [-0.25, -0.2) is 0 Å². The number of rotatable bonds is 5. The van der Waals surface area contributed by atoms with Gasteiger partial charge in [0, 0.05) is 41.5 Å². The van der Waals surface area contributed by atoms with Crippen LogP contribution in [0.25, 0.3) is 33.4 Å². The highest BCUT2D eigenvalue weighted by molar-refractivity contribution is 5.99. The lowest BCUT2D eigenvalue weighted by Crippen LogP contribution is -1.98. The molecule has 30 heavy (non-hydrogen) atoms. The number of hydrogen-bond donors (Lipinski definition) is 1. The third-order valence-electron chi connectivity index (χ3n) is 5.68. The van der Waals surface area contributed by atoms with Crippen molar-refractivity contribution in [3.8, 4) is 22.5 Å². The Hall–Kier alpha value is -3.54. The van der Waals surface area contributed by atoms with Crippen LogP contribution in [0.1, 0.15) is 29.8 Å². The molecule has 1 aromatic carbocycles. The third-order valence-corrected chi connectivity index (χ3v) is 5.68. The highest BCUT2D eigenvalue weighted by Gasteiger charge is 2.25. The molecule has 0 saturated carbocycles. The molecular formula is C24H22N4O2. The van der Waals surface area contributed by atoms with E-state index in [1.165, 1.54) is 5.69 Å². The van der Waals surface area contributed by atoms with Crippen molar-refractivity contribution in [2.45, 2.75) is 39.2 Å². The SMILES string of the molecule is Cc1cccc(-c2nn3c(c2-c2ccnc4cc(CCC(=O)O)ccc24)CCC3)n1. The number of hydrogen-bond acceptors (Lipinski definition) is 4. The molecule has 0 spiro atoms. The fourth-order valence-corrected chi connectivity index (χ4v) is 4.29. The highest BCUT2D eigenvalue weighted by atomic mass is 16.4. The predicted octanol–water partition coefficient (Wildman–Crippen LogP) is 4.43. The molecule has 3 aromatic heterocycles. The van der Waals surface area contributed by atoms with Crippen LogP contribution in [0.5, 0.6) is 0 Å². The highest BCUT2D eigenvalue weighted by Crippen LogP contribution is 2.39. The summed E-state index contributed by atoms with van der Waals surface area (Å²) in [4.78, 5) is 20.2. The second-order valence-electron chi connectivity index (χ2n) is 7.76. The molecule has 1 aliphatic rings. The molecular weight excluding hydrogens is 376 g/mol. The lowest BCUT2D eigenvalue weighted by Gasteiger charge is -2.10. The van der Waals surface area contributed by atoms with E-state index in [9.17, 15) is 4.79 Å². The van der Waals surface area contributed by atoms with E-state index >= 15 is 0 Å². The minimum atomic E-state index is -0.789. The molecule has 4 aromatic rings. The lowest BCUT2D eigenvalue weighted by atomic mass is 9.95. The van der Waals surface area contributed by atoms with Gasteiger partial charge in [0.1, 0.15) is 5.69 Å². The number of aryl methyl sites for hydroxylation is 3. The van der Waals surface area contributed by atoms with Gasteiger partial charge in [-0.1, -0.05) is 18.2 Å². The van der Waals surface area contributed by atoms with E-state index in [4.69, 9.17) is 15.2 Å². The zero-order chi connectivity index (χ0) is 20.7. The van der Waals surface area contributed by atoms with Crippen LogP contribution in [0.3, 0.4) is 0 Å². The molecule has 0 amide bonds. The molecule has 0 atom stereocenters. The van der Waals surface area contributed by atoms with E-state index in [2.05, 4.69) is 21.8 Å². The first-order valence-electron chi connectivity index (χ1n) is 10.2. The molecule has 0 saturated heterocycles. The maximum absolute atomic E-state index is 10.9. The minimum Gasteiger partial charge on any atom is -0.481 e. The van der Waals surface area contributed by atoms with Gasteiger partial charge in [0.05, 0.1) is 11.2 Å². The summed E-state index contributed by atoms with van der Waals surface area (Å²) in [5, 5.41) is 14.9. The Bertz CT molecular complexity index is 1280. The van der Waals surface area contributed by atoms with Crippen LogP contribution in [0, 0.1) is 6.92 Å². The molecule has 6 nitrogen and oxygen atoms in total. The third kappa shape index (κ3) is 3.24. The van der Waals surface area contributed by atoms with E-state index in [1.54, 1.807) is 0 Å². The molecule has 0 aliphatic carbocycles. The Kier molecular flexibility index (Phi) is 4.54. The van der Waals surface area contributed by atoms with Crippen molar-refractivity contribution < 1.29 is 9.90 Å². The number of pyridine rings is 2. The second-order valence-corrected chi connectivity index (χ2v) is 7.76. The first kappa shape index (κ1) is 18.5. The first-order valence-corrected chi connectivity index (χ1v) is 10.2. The molecule has 0 bridgehead atoms. The van der Waals surface area contributed by atoms with Gasteiger partial charge in [-0.15, -0.1) is 0 Å². The number of carboxylic acid groups (broad SMARTS) is 1. The van der Waals surface area contributed by atoms with Gasteiger partial charge >= 0.3 is 5.97 Å². The maximum Gasteiger partial charge on any atom is 0.303 e. The Morgan fingerprint density at radius 1 is 1.20 bits per heavy atom. The number of aromatic nitrogens is 4. The van der Waals surface area contributed by atoms with Crippen LogP contribution < -0.4 is 0 Å². The number of carbonyl (C=O) groups is 1. The Morgan fingerprint density at radius 3 is 2.93 bits per heavy atom. The molecule has 1 N–H and O–H groups in total. The fourth-order valence-electron chi connectivity index (χ4n) is 4.29. The van der Waals surface area contributed by atoms with Crippen LogP contribution >= 0.6 is 0 Å². The number of carboxylic acids is 1. The van der Waals surface area contributed by atoms with Crippen molar-refractivity contribution >= 4 is 16.9 Å². The summed E-state index contributed by atoms with van der Waals surface area (Å²) in [6, 6.07) is 14.1. The number of aliphatic carboxylic acids is 1. The summed E-state index contributed by atoms with van der Waals surface area (Å²) in [6.07, 6.45) is 4.53. The van der Waals surface area contributed by atoms with Crippen LogP contribution in [0.15, 0.2) is 48.7 Å². The standard InChI is InChI=1S/C24H22N4O2/c1-15-4-2-5-19(26-15)24-23(21-6-3-13-28(21)27-24)18-11-12-25-20-14-16(7-9-17(18)20)8-10-22(29)30/h2,4-5,7,9,11-12,14H,3,6,8,10,13H2,1H3,(H,29,30). The van der Waals surface area contributed by atoms with E-state index in [-0.39, 0.29) is 6.42 Å². The summed E-state index contributed by atoms with van der Waals surface area (Å²) in [6.45, 7) is 2.92. The van der Waals surface area contributed by atoms with E-state index in [0.717, 1.165) is 64.1 Å². The van der Waals surface area contributed by atoms with E-state index in [1.807, 2.05) is 43.5 Å². The largest absolute Gasteiger partial charge is 0.481 e. The van der Waals surface area contributed by atoms with Crippen LogP contribution in [-0.2, 0) is 24.2 Å². The normalized spacial score (nSPS) is 13.0. The smallest absolute Gasteiger partial charge is 0.303 e. The summed E-state index contributed by atoms with van der Waals surface area (Å²) in [5.74, 6) is -0.789. The van der Waals surface area contributed by atoms with Gasteiger partial charge in [0.25, 0.3) is 0 Å². The van der Waals surface area contributed by atoms with Crippen molar-refractivity contribution in [3.05, 3.63) is 65.6 Å².